The third-order valence-electron chi connectivity index (χ3n) is 15.5. The Balaban J connectivity index is 1.35. The summed E-state index contributed by atoms with van der Waals surface area (Å²) in [7, 11) is 0. The molecule has 3 rings (SSSR count). The number of ether oxygens (including phenoxy) is 15. The summed E-state index contributed by atoms with van der Waals surface area (Å²) in [6.45, 7) is 10.3. The van der Waals surface area contributed by atoms with Crippen LogP contribution in [-0.4, -0.2) is 333 Å². The fourth-order valence-electron chi connectivity index (χ4n) is 9.93. The zero-order valence-corrected chi connectivity index (χ0v) is 55.4. The Morgan fingerprint density at radius 2 is 0.702 bits per heavy atom. The van der Waals surface area contributed by atoms with Gasteiger partial charge in [-0.2, -0.15) is 0 Å². The van der Waals surface area contributed by atoms with E-state index in [1.54, 1.807) is 34.6 Å². The Kier molecular flexibility index (Phi) is 45.9. The van der Waals surface area contributed by atoms with Gasteiger partial charge in [-0.25, -0.2) is 0 Å². The molecule has 0 bridgehead atoms. The Bertz CT molecular complexity index is 2010. The van der Waals surface area contributed by atoms with E-state index in [2.05, 4.69) is 21.3 Å². The lowest BCUT2D eigenvalue weighted by atomic mass is 9.91. The molecule has 0 saturated carbocycles. The summed E-state index contributed by atoms with van der Waals surface area (Å²) in [6.07, 6.45) is -10.2. The van der Waals surface area contributed by atoms with E-state index in [1.807, 2.05) is 0 Å². The molecule has 0 aromatic carbocycles. The molecular weight excluding hydrogens is 1250 g/mol. The molecule has 3 aliphatic rings. The maximum Gasteiger partial charge on any atom is 0.246 e. The maximum absolute atomic E-state index is 14.1. The molecule has 550 valence electrons. The minimum atomic E-state index is -1.23. The number of unbranched alkanes of at least 4 members (excludes halogenated alkanes) is 2. The van der Waals surface area contributed by atoms with Crippen LogP contribution in [0, 0.1) is 23.7 Å². The first-order chi connectivity index (χ1) is 45.2. The SMILES string of the molecule is CC(C)NC(=O)C(CCCCNC(=O)COCCOCCOCCO[C@@H]1OC(CO)[C@H](O)[C@H](O)C1C)CC(=O)C(CCCCNC(=O)COCCOCCOCCO[C@@H]1OC(CO)[C@H](O)[C@H](O)C1C)NC(=O)COCCOCCOCCO[C@@H]1OC(CO)[C@H](O)[C@H](O)C1C. The summed E-state index contributed by atoms with van der Waals surface area (Å²) < 4.78 is 82.9. The van der Waals surface area contributed by atoms with Crippen molar-refractivity contribution in [2.24, 2.45) is 23.7 Å². The molecule has 33 nitrogen and oxygen atoms in total. The molecule has 3 fully saturated rings. The number of ketones is 1. The number of amides is 4. The topological polar surface area (TPSA) is 454 Å². The Hall–Kier alpha value is -3.41. The summed E-state index contributed by atoms with van der Waals surface area (Å²) >= 11 is 0. The second-order valence-electron chi connectivity index (χ2n) is 23.5. The Morgan fingerprint density at radius 3 is 1.03 bits per heavy atom. The van der Waals surface area contributed by atoms with Gasteiger partial charge < -0.3 is 138 Å². The fourth-order valence-corrected chi connectivity index (χ4v) is 9.93. The van der Waals surface area contributed by atoms with Crippen molar-refractivity contribution in [3.63, 3.8) is 0 Å². The Morgan fingerprint density at radius 1 is 0.394 bits per heavy atom. The van der Waals surface area contributed by atoms with E-state index in [9.17, 15) is 69.9 Å². The van der Waals surface area contributed by atoms with E-state index < -0.39 is 129 Å². The van der Waals surface area contributed by atoms with Crippen LogP contribution in [-0.2, 0) is 95.0 Å². The average Bonchev–Trinajstić information content (AvgIpc) is 0.847. The monoisotopic (exact) mass is 1360 g/mol. The molecule has 17 atom stereocenters. The van der Waals surface area contributed by atoms with Gasteiger partial charge in [-0.15, -0.1) is 0 Å². The van der Waals surface area contributed by atoms with Gasteiger partial charge in [-0.1, -0.05) is 27.2 Å². The molecule has 94 heavy (non-hydrogen) atoms. The molecule has 3 heterocycles. The molecular formula is C61H112N4O29. The summed E-state index contributed by atoms with van der Waals surface area (Å²) in [5.74, 6) is -4.27. The number of hydrogen-bond acceptors (Lipinski definition) is 29. The van der Waals surface area contributed by atoms with Crippen molar-refractivity contribution in [2.45, 2.75) is 165 Å². The third kappa shape index (κ3) is 34.4. The van der Waals surface area contributed by atoms with Gasteiger partial charge in [0.05, 0.1) is 163 Å². The van der Waals surface area contributed by atoms with E-state index in [1.165, 1.54) is 0 Å². The lowest BCUT2D eigenvalue weighted by Crippen LogP contribution is -2.55. The zero-order chi connectivity index (χ0) is 69.0. The highest BCUT2D eigenvalue weighted by molar-refractivity contribution is 5.92. The van der Waals surface area contributed by atoms with Crippen LogP contribution in [0.2, 0.25) is 0 Å². The van der Waals surface area contributed by atoms with Gasteiger partial charge in [0, 0.05) is 49.2 Å². The van der Waals surface area contributed by atoms with Crippen LogP contribution in [0.25, 0.3) is 0 Å². The zero-order valence-electron chi connectivity index (χ0n) is 55.4. The molecule has 0 aromatic rings. The molecule has 13 N–H and O–H groups in total. The number of rotatable bonds is 55. The highest BCUT2D eigenvalue weighted by Gasteiger charge is 2.45. The molecule has 0 radical (unpaired) electrons. The minimum absolute atomic E-state index is 0.0475. The average molecular weight is 1370 g/mol. The standard InChI is InChI=1S/C61H112N4O29/c1-39(2)64-58(79)43(10-6-8-12-62-49(70)36-86-23-20-80-14-17-83-26-29-89-59-40(3)52(73)55(76)46(33-66)92-59)32-45(69)44(65-51(72)38-88-25-22-82-16-19-85-28-31-91-61-42(5)54(75)57(78)48(35-68)94-61)11-7-9-13-63-50(71)37-87-24-21-81-15-18-84-27-30-90-60-41(4)53(74)56(77)47(34-67)93-60/h39-44,46-48,52-57,59-61,66-68,73-78H,6-38H2,1-5H3,(H,62,70)(H,63,71)(H,64,79)(H,65,72)/t40?,41?,42?,43?,44?,46?,47?,48?,52-,53-,54-,55+,56+,57+,59-,60-,61-/m1/s1. The maximum atomic E-state index is 14.1. The van der Waals surface area contributed by atoms with Crippen molar-refractivity contribution in [1.82, 2.24) is 21.3 Å². The van der Waals surface area contributed by atoms with Gasteiger partial charge in [0.25, 0.3) is 0 Å². The van der Waals surface area contributed by atoms with Crippen LogP contribution in [0.4, 0.5) is 0 Å². The number of nitrogens with one attached hydrogen (secondary N) is 4. The van der Waals surface area contributed by atoms with Crippen LogP contribution in [0.1, 0.15) is 79.6 Å². The highest BCUT2D eigenvalue weighted by atomic mass is 16.7. The second-order valence-corrected chi connectivity index (χ2v) is 23.5. The molecule has 3 aliphatic heterocycles. The van der Waals surface area contributed by atoms with Crippen molar-refractivity contribution < 1.29 is 141 Å². The molecule has 0 spiro atoms. The molecule has 4 amide bonds. The van der Waals surface area contributed by atoms with Gasteiger partial charge in [0.15, 0.2) is 24.7 Å². The normalized spacial score (nSPS) is 27.0. The van der Waals surface area contributed by atoms with Gasteiger partial charge in [0.1, 0.15) is 56.4 Å². The van der Waals surface area contributed by atoms with Crippen molar-refractivity contribution >= 4 is 29.4 Å². The van der Waals surface area contributed by atoms with Crippen molar-refractivity contribution in [1.29, 1.82) is 0 Å². The van der Waals surface area contributed by atoms with E-state index in [4.69, 9.17) is 71.1 Å². The van der Waals surface area contributed by atoms with Crippen molar-refractivity contribution in [3.8, 4) is 0 Å². The predicted molar refractivity (Wildman–Crippen MR) is 328 cm³/mol. The second kappa shape index (κ2) is 50.8. The quantitative estimate of drug-likeness (QED) is 0.0256. The smallest absolute Gasteiger partial charge is 0.246 e. The van der Waals surface area contributed by atoms with E-state index >= 15 is 0 Å². The lowest BCUT2D eigenvalue weighted by Gasteiger charge is -2.40. The van der Waals surface area contributed by atoms with E-state index in [0.29, 0.717) is 38.6 Å². The summed E-state index contributed by atoms with van der Waals surface area (Å²) in [5.41, 5.74) is 0. The third-order valence-corrected chi connectivity index (χ3v) is 15.5. The molecule has 33 heteroatoms. The van der Waals surface area contributed by atoms with Gasteiger partial charge in [-0.05, 0) is 46.0 Å². The minimum Gasteiger partial charge on any atom is -0.394 e. The van der Waals surface area contributed by atoms with Crippen LogP contribution < -0.4 is 21.3 Å². The molecule has 8 unspecified atom stereocenters. The number of aliphatic hydroxyl groups excluding tert-OH is 9. The first kappa shape index (κ1) is 84.8. The number of carbonyl (C=O) groups is 5. The van der Waals surface area contributed by atoms with Gasteiger partial charge in [-0.3, -0.25) is 24.0 Å². The number of Topliss-reactive ketones (excluding diaryl/α,β-unsaturated/α-hetero) is 1. The van der Waals surface area contributed by atoms with E-state index in [-0.39, 0.29) is 188 Å². The van der Waals surface area contributed by atoms with Gasteiger partial charge in [0.2, 0.25) is 23.6 Å². The van der Waals surface area contributed by atoms with Crippen molar-refractivity contribution in [2.75, 3.05) is 172 Å². The largest absolute Gasteiger partial charge is 0.394 e. The number of aliphatic hydroxyl groups is 9. The number of hydrogen-bond donors (Lipinski definition) is 13. The first-order valence-electron chi connectivity index (χ1n) is 32.8. The van der Waals surface area contributed by atoms with Crippen LogP contribution in [0.5, 0.6) is 0 Å². The van der Waals surface area contributed by atoms with Crippen LogP contribution in [0.3, 0.4) is 0 Å². The molecule has 3 saturated heterocycles. The van der Waals surface area contributed by atoms with Crippen LogP contribution in [0.15, 0.2) is 0 Å². The first-order valence-corrected chi connectivity index (χ1v) is 32.8. The molecule has 0 aliphatic carbocycles. The van der Waals surface area contributed by atoms with Crippen LogP contribution >= 0.6 is 0 Å². The van der Waals surface area contributed by atoms with Crippen molar-refractivity contribution in [3.05, 3.63) is 0 Å². The summed E-state index contributed by atoms with van der Waals surface area (Å²) in [4.78, 5) is 65.8. The lowest BCUT2D eigenvalue weighted by molar-refractivity contribution is -0.284. The highest BCUT2D eigenvalue weighted by Crippen LogP contribution is 2.29. The number of carbonyl (C=O) groups excluding carboxylic acids is 5. The predicted octanol–water partition coefficient (Wildman–Crippen LogP) is -4.43. The summed E-state index contributed by atoms with van der Waals surface area (Å²) in [5, 5.41) is 100. The fraction of sp³-hybridized carbons (Fsp3) is 0.918. The van der Waals surface area contributed by atoms with E-state index in [0.717, 1.165) is 0 Å². The summed E-state index contributed by atoms with van der Waals surface area (Å²) in [6, 6.07) is -1.20. The van der Waals surface area contributed by atoms with Gasteiger partial charge >= 0.3 is 0 Å². The Labute approximate surface area is 550 Å². The molecule has 0 aromatic heterocycles.